The Morgan fingerprint density at radius 2 is 2.16 bits per heavy atom. The highest BCUT2D eigenvalue weighted by molar-refractivity contribution is 5.51. The van der Waals surface area contributed by atoms with Crippen LogP contribution >= 0.6 is 0 Å². The second-order valence-electron chi connectivity index (χ2n) is 4.47. The monoisotopic (exact) mass is 275 g/mol. The highest BCUT2D eigenvalue weighted by Crippen LogP contribution is 2.33. The summed E-state index contributed by atoms with van der Waals surface area (Å²) < 4.78 is 43.9. The summed E-state index contributed by atoms with van der Waals surface area (Å²) in [5.74, 6) is 0.540. The predicted molar refractivity (Wildman–Crippen MR) is 66.4 cm³/mol. The largest absolute Gasteiger partial charge is 0.416 e. The lowest BCUT2D eigenvalue weighted by atomic mass is 10.2. The molecule has 0 spiro atoms. The first kappa shape index (κ1) is 13.9. The molecule has 0 amide bonds. The fraction of sp³-hybridized carbons (Fsp3) is 0.583. The molecule has 7 heteroatoms. The van der Waals surface area contributed by atoms with Gasteiger partial charge in [-0.2, -0.15) is 13.2 Å². The summed E-state index contributed by atoms with van der Waals surface area (Å²) in [7, 11) is 1.55. The van der Waals surface area contributed by atoms with Crippen molar-refractivity contribution < 1.29 is 17.9 Å². The van der Waals surface area contributed by atoms with Gasteiger partial charge >= 0.3 is 6.18 Å². The van der Waals surface area contributed by atoms with Gasteiger partial charge in [-0.15, -0.1) is 0 Å². The standard InChI is InChI=1S/C12H16F3N3O/c1-8-7-18(3-4-19-8)11-6-9(12(13,14)15)5-10(16-2)17-11/h5-6,8H,3-4,7H2,1-2H3,(H,16,17). The van der Waals surface area contributed by atoms with Crippen LogP contribution in [0.25, 0.3) is 0 Å². The maximum Gasteiger partial charge on any atom is 0.416 e. The molecule has 0 aliphatic carbocycles. The van der Waals surface area contributed by atoms with E-state index < -0.39 is 11.7 Å². The number of nitrogens with one attached hydrogen (secondary N) is 1. The first-order valence-corrected chi connectivity index (χ1v) is 6.03. The van der Waals surface area contributed by atoms with Gasteiger partial charge < -0.3 is 15.0 Å². The van der Waals surface area contributed by atoms with E-state index in [1.807, 2.05) is 11.8 Å². The van der Waals surface area contributed by atoms with Gasteiger partial charge in [-0.05, 0) is 19.1 Å². The molecular weight excluding hydrogens is 259 g/mol. The van der Waals surface area contributed by atoms with Crippen LogP contribution in [0.4, 0.5) is 24.8 Å². The lowest BCUT2D eigenvalue weighted by Gasteiger charge is -2.32. The molecule has 1 aromatic rings. The average molecular weight is 275 g/mol. The maximum absolute atomic E-state index is 12.8. The van der Waals surface area contributed by atoms with Crippen molar-refractivity contribution in [2.75, 3.05) is 37.0 Å². The quantitative estimate of drug-likeness (QED) is 0.899. The molecule has 4 nitrogen and oxygen atoms in total. The van der Waals surface area contributed by atoms with E-state index in [9.17, 15) is 13.2 Å². The molecular formula is C12H16F3N3O. The third kappa shape index (κ3) is 3.28. The average Bonchev–Trinajstić information content (AvgIpc) is 2.37. The number of halogens is 3. The molecule has 0 saturated carbocycles. The molecule has 1 aliphatic rings. The molecule has 1 fully saturated rings. The number of alkyl halides is 3. The van der Waals surface area contributed by atoms with E-state index in [0.717, 1.165) is 12.1 Å². The summed E-state index contributed by atoms with van der Waals surface area (Å²) in [4.78, 5) is 5.99. The Hall–Kier alpha value is -1.50. The molecule has 1 saturated heterocycles. The van der Waals surface area contributed by atoms with Crippen molar-refractivity contribution in [3.05, 3.63) is 17.7 Å². The molecule has 0 aromatic carbocycles. The van der Waals surface area contributed by atoms with Crippen LogP contribution in [-0.2, 0) is 10.9 Å². The van der Waals surface area contributed by atoms with Crippen molar-refractivity contribution in [2.45, 2.75) is 19.2 Å². The predicted octanol–water partition coefficient (Wildman–Crippen LogP) is 2.37. The maximum atomic E-state index is 12.8. The molecule has 1 unspecified atom stereocenters. The minimum Gasteiger partial charge on any atom is -0.375 e. The van der Waals surface area contributed by atoms with Gasteiger partial charge in [0.25, 0.3) is 0 Å². The van der Waals surface area contributed by atoms with E-state index in [2.05, 4.69) is 10.3 Å². The van der Waals surface area contributed by atoms with Gasteiger partial charge in [0.05, 0.1) is 18.3 Å². The minimum absolute atomic E-state index is 0.0110. The molecule has 1 aromatic heterocycles. The van der Waals surface area contributed by atoms with Crippen LogP contribution in [0.15, 0.2) is 12.1 Å². The van der Waals surface area contributed by atoms with Crippen molar-refractivity contribution in [1.29, 1.82) is 0 Å². The Bertz CT molecular complexity index is 450. The third-order valence-electron chi connectivity index (χ3n) is 2.96. The van der Waals surface area contributed by atoms with Crippen LogP contribution in [0.3, 0.4) is 0 Å². The van der Waals surface area contributed by atoms with Crippen molar-refractivity contribution in [2.24, 2.45) is 0 Å². The van der Waals surface area contributed by atoms with Crippen LogP contribution in [0.2, 0.25) is 0 Å². The van der Waals surface area contributed by atoms with E-state index in [0.29, 0.717) is 25.5 Å². The van der Waals surface area contributed by atoms with E-state index in [1.165, 1.54) is 0 Å². The number of hydrogen-bond acceptors (Lipinski definition) is 4. The Morgan fingerprint density at radius 1 is 1.42 bits per heavy atom. The van der Waals surface area contributed by atoms with Gasteiger partial charge in [-0.1, -0.05) is 0 Å². The van der Waals surface area contributed by atoms with E-state index in [4.69, 9.17) is 4.74 Å². The van der Waals surface area contributed by atoms with Gasteiger partial charge in [-0.3, -0.25) is 0 Å². The van der Waals surface area contributed by atoms with Crippen molar-refractivity contribution in [1.82, 2.24) is 4.98 Å². The van der Waals surface area contributed by atoms with Crippen LogP contribution in [0.1, 0.15) is 12.5 Å². The van der Waals surface area contributed by atoms with Crippen molar-refractivity contribution in [3.63, 3.8) is 0 Å². The van der Waals surface area contributed by atoms with Crippen molar-refractivity contribution in [3.8, 4) is 0 Å². The molecule has 2 heterocycles. The lowest BCUT2D eigenvalue weighted by molar-refractivity contribution is -0.137. The van der Waals surface area contributed by atoms with Crippen molar-refractivity contribution >= 4 is 11.6 Å². The van der Waals surface area contributed by atoms with Gasteiger partial charge in [0.2, 0.25) is 0 Å². The summed E-state index contributed by atoms with van der Waals surface area (Å²) in [6.45, 7) is 3.46. The number of morpholine rings is 1. The molecule has 19 heavy (non-hydrogen) atoms. The number of anilines is 2. The third-order valence-corrected chi connectivity index (χ3v) is 2.96. The zero-order valence-electron chi connectivity index (χ0n) is 10.8. The number of ether oxygens (including phenoxy) is 1. The Kier molecular flexibility index (Phi) is 3.84. The van der Waals surface area contributed by atoms with E-state index in [1.54, 1.807) is 7.05 Å². The summed E-state index contributed by atoms with van der Waals surface area (Å²) >= 11 is 0. The second kappa shape index (κ2) is 5.24. The normalized spacial score (nSPS) is 20.5. The second-order valence-corrected chi connectivity index (χ2v) is 4.47. The molecule has 1 N–H and O–H groups in total. The van der Waals surface area contributed by atoms with Gasteiger partial charge in [-0.25, -0.2) is 4.98 Å². The molecule has 1 atom stereocenters. The molecule has 2 rings (SSSR count). The molecule has 0 bridgehead atoms. The number of hydrogen-bond donors (Lipinski definition) is 1. The van der Waals surface area contributed by atoms with Gasteiger partial charge in [0, 0.05) is 20.1 Å². The highest BCUT2D eigenvalue weighted by Gasteiger charge is 2.32. The van der Waals surface area contributed by atoms with Gasteiger partial charge in [0.15, 0.2) is 0 Å². The Morgan fingerprint density at radius 3 is 2.74 bits per heavy atom. The van der Waals surface area contributed by atoms with Crippen LogP contribution < -0.4 is 10.2 Å². The molecule has 1 aliphatic heterocycles. The summed E-state index contributed by atoms with van der Waals surface area (Å²) in [6, 6.07) is 2.09. The summed E-state index contributed by atoms with van der Waals surface area (Å²) in [5.41, 5.74) is -0.694. The van der Waals surface area contributed by atoms with Crippen LogP contribution in [0, 0.1) is 0 Å². The van der Waals surface area contributed by atoms with E-state index >= 15 is 0 Å². The number of aromatic nitrogens is 1. The number of rotatable bonds is 2. The summed E-state index contributed by atoms with van der Waals surface area (Å²) in [5, 5.41) is 2.66. The smallest absolute Gasteiger partial charge is 0.375 e. The van der Waals surface area contributed by atoms with Gasteiger partial charge in [0.1, 0.15) is 11.6 Å². The van der Waals surface area contributed by atoms with E-state index in [-0.39, 0.29) is 11.9 Å². The zero-order valence-corrected chi connectivity index (χ0v) is 10.8. The van der Waals surface area contributed by atoms with Crippen LogP contribution in [0.5, 0.6) is 0 Å². The topological polar surface area (TPSA) is 37.4 Å². The fourth-order valence-corrected chi connectivity index (χ4v) is 2.00. The highest BCUT2D eigenvalue weighted by atomic mass is 19.4. The summed E-state index contributed by atoms with van der Waals surface area (Å²) in [6.07, 6.45) is -4.38. The van der Waals surface area contributed by atoms with Crippen LogP contribution in [-0.4, -0.2) is 37.8 Å². The SMILES string of the molecule is CNc1cc(C(F)(F)F)cc(N2CCOC(C)C2)n1. The molecule has 0 radical (unpaired) electrons. The minimum atomic E-state index is -4.37. The Balaban J connectivity index is 2.34. The fourth-order valence-electron chi connectivity index (χ4n) is 2.00. The molecule has 106 valence electrons. The Labute approximate surface area is 109 Å². The first-order chi connectivity index (χ1) is 8.90. The number of nitrogens with zero attached hydrogens (tertiary/aromatic N) is 2. The zero-order chi connectivity index (χ0) is 14.0. The lowest BCUT2D eigenvalue weighted by Crippen LogP contribution is -2.41. The number of pyridine rings is 1. The first-order valence-electron chi connectivity index (χ1n) is 6.03.